The van der Waals surface area contributed by atoms with Crippen molar-refractivity contribution in [1.29, 1.82) is 0 Å². The van der Waals surface area contributed by atoms with Crippen LogP contribution in [0.15, 0.2) is 18.2 Å². The minimum absolute atomic E-state index is 0.0441. The predicted molar refractivity (Wildman–Crippen MR) is 92.2 cm³/mol. The Kier molecular flexibility index (Phi) is 5.04. The Hall–Kier alpha value is -2.08. The van der Waals surface area contributed by atoms with Crippen molar-refractivity contribution in [2.24, 2.45) is 0 Å². The number of hydrogen-bond donors (Lipinski definition) is 2. The fraction of sp³-hybridized carbons (Fsp3) is 0.556. The summed E-state index contributed by atoms with van der Waals surface area (Å²) < 4.78 is 5.48. The average molecular weight is 331 g/mol. The summed E-state index contributed by atoms with van der Waals surface area (Å²) in [5, 5.41) is 5.72. The fourth-order valence-corrected chi connectivity index (χ4v) is 3.20. The Bertz CT molecular complexity index is 626. The van der Waals surface area contributed by atoms with Crippen LogP contribution in [0.25, 0.3) is 0 Å². The standard InChI is InChI=1S/C18H25N3O3/c1-12-5-6-15(8-13(12)2)21-11-14(9-17(21)22)20-18(23)19-10-16-4-3-7-24-16/h5-6,8,14,16H,3-4,7,9-11H2,1-2H3,(H2,19,20,23)/t14-,16+/m0/s1. The van der Waals surface area contributed by atoms with Crippen molar-refractivity contribution in [1.82, 2.24) is 10.6 Å². The summed E-state index contributed by atoms with van der Waals surface area (Å²) in [7, 11) is 0. The second-order valence-corrected chi connectivity index (χ2v) is 6.66. The number of anilines is 1. The molecule has 3 amide bonds. The molecule has 1 aromatic rings. The molecule has 2 fully saturated rings. The van der Waals surface area contributed by atoms with Crippen molar-refractivity contribution in [3.8, 4) is 0 Å². The summed E-state index contributed by atoms with van der Waals surface area (Å²) >= 11 is 0. The minimum Gasteiger partial charge on any atom is -0.376 e. The van der Waals surface area contributed by atoms with E-state index in [1.165, 1.54) is 5.56 Å². The van der Waals surface area contributed by atoms with Gasteiger partial charge in [-0.3, -0.25) is 4.79 Å². The molecule has 0 bridgehead atoms. The highest BCUT2D eigenvalue weighted by Crippen LogP contribution is 2.24. The number of benzene rings is 1. The van der Waals surface area contributed by atoms with Gasteiger partial charge in [0.25, 0.3) is 0 Å². The Labute approximate surface area is 142 Å². The molecule has 2 atom stereocenters. The zero-order chi connectivity index (χ0) is 17.1. The van der Waals surface area contributed by atoms with Crippen LogP contribution in [0.1, 0.15) is 30.4 Å². The average Bonchev–Trinajstić information content (AvgIpc) is 3.18. The van der Waals surface area contributed by atoms with Gasteiger partial charge >= 0.3 is 6.03 Å². The highest BCUT2D eigenvalue weighted by atomic mass is 16.5. The lowest BCUT2D eigenvalue weighted by Gasteiger charge is -2.19. The van der Waals surface area contributed by atoms with Gasteiger partial charge in [-0.25, -0.2) is 4.79 Å². The van der Waals surface area contributed by atoms with E-state index in [9.17, 15) is 9.59 Å². The van der Waals surface area contributed by atoms with Gasteiger partial charge in [-0.05, 0) is 49.9 Å². The van der Waals surface area contributed by atoms with Gasteiger partial charge in [0.1, 0.15) is 0 Å². The molecule has 24 heavy (non-hydrogen) atoms. The van der Waals surface area contributed by atoms with E-state index in [0.29, 0.717) is 19.5 Å². The largest absolute Gasteiger partial charge is 0.376 e. The van der Waals surface area contributed by atoms with Crippen LogP contribution < -0.4 is 15.5 Å². The molecular formula is C18H25N3O3. The smallest absolute Gasteiger partial charge is 0.315 e. The summed E-state index contributed by atoms with van der Waals surface area (Å²) in [6, 6.07) is 5.61. The lowest BCUT2D eigenvalue weighted by atomic mass is 10.1. The van der Waals surface area contributed by atoms with Gasteiger partial charge in [0, 0.05) is 31.8 Å². The minimum atomic E-state index is -0.231. The summed E-state index contributed by atoms with van der Waals surface area (Å²) in [5.74, 6) is 0.0441. The van der Waals surface area contributed by atoms with Crippen LogP contribution in [0, 0.1) is 13.8 Å². The lowest BCUT2D eigenvalue weighted by Crippen LogP contribution is -2.45. The van der Waals surface area contributed by atoms with E-state index in [1.54, 1.807) is 4.90 Å². The maximum absolute atomic E-state index is 12.3. The zero-order valence-corrected chi connectivity index (χ0v) is 14.3. The first-order valence-electron chi connectivity index (χ1n) is 8.56. The van der Waals surface area contributed by atoms with Crippen molar-refractivity contribution in [2.45, 2.75) is 45.3 Å². The van der Waals surface area contributed by atoms with Gasteiger partial charge < -0.3 is 20.3 Å². The summed E-state index contributed by atoms with van der Waals surface area (Å²) in [6.45, 7) is 5.89. The number of amides is 3. The number of aryl methyl sites for hydroxylation is 2. The molecule has 2 heterocycles. The quantitative estimate of drug-likeness (QED) is 0.885. The maximum Gasteiger partial charge on any atom is 0.315 e. The monoisotopic (exact) mass is 331 g/mol. The number of hydrogen-bond acceptors (Lipinski definition) is 3. The number of rotatable bonds is 4. The highest BCUT2D eigenvalue weighted by Gasteiger charge is 2.31. The van der Waals surface area contributed by atoms with Gasteiger partial charge in [-0.1, -0.05) is 6.07 Å². The van der Waals surface area contributed by atoms with Crippen molar-refractivity contribution in [3.05, 3.63) is 29.3 Å². The SMILES string of the molecule is Cc1ccc(N2C[C@@H](NC(=O)NC[C@H]3CCCO3)CC2=O)cc1C. The van der Waals surface area contributed by atoms with Crippen molar-refractivity contribution < 1.29 is 14.3 Å². The maximum atomic E-state index is 12.3. The molecule has 0 aliphatic carbocycles. The number of nitrogens with one attached hydrogen (secondary N) is 2. The van der Waals surface area contributed by atoms with E-state index < -0.39 is 0 Å². The van der Waals surface area contributed by atoms with Gasteiger partial charge in [0.2, 0.25) is 5.91 Å². The molecule has 2 aliphatic rings. The van der Waals surface area contributed by atoms with Crippen LogP contribution in [0.4, 0.5) is 10.5 Å². The predicted octanol–water partition coefficient (Wildman–Crippen LogP) is 1.89. The molecule has 6 heteroatoms. The van der Waals surface area contributed by atoms with Crippen LogP contribution in [-0.2, 0) is 9.53 Å². The molecule has 1 aromatic carbocycles. The summed E-state index contributed by atoms with van der Waals surface area (Å²) in [5.41, 5.74) is 3.26. The van der Waals surface area contributed by atoms with Crippen LogP contribution >= 0.6 is 0 Å². The number of urea groups is 1. The van der Waals surface area contributed by atoms with Crippen LogP contribution in [0.3, 0.4) is 0 Å². The van der Waals surface area contributed by atoms with E-state index in [2.05, 4.69) is 10.6 Å². The molecule has 6 nitrogen and oxygen atoms in total. The number of nitrogens with zero attached hydrogens (tertiary/aromatic N) is 1. The topological polar surface area (TPSA) is 70.7 Å². The molecule has 130 valence electrons. The van der Waals surface area contributed by atoms with Crippen molar-refractivity contribution in [3.63, 3.8) is 0 Å². The van der Waals surface area contributed by atoms with Gasteiger partial charge in [0.15, 0.2) is 0 Å². The Morgan fingerprint density at radius 3 is 2.88 bits per heavy atom. The van der Waals surface area contributed by atoms with Crippen LogP contribution in [-0.4, -0.2) is 43.8 Å². The molecule has 2 aliphatic heterocycles. The summed E-state index contributed by atoms with van der Waals surface area (Å²) in [6.07, 6.45) is 2.49. The van der Waals surface area contributed by atoms with E-state index in [0.717, 1.165) is 30.7 Å². The molecule has 2 N–H and O–H groups in total. The Morgan fingerprint density at radius 1 is 1.33 bits per heavy atom. The molecule has 0 saturated carbocycles. The van der Waals surface area contributed by atoms with E-state index in [1.807, 2.05) is 32.0 Å². The molecule has 3 rings (SSSR count). The van der Waals surface area contributed by atoms with Gasteiger partial charge in [-0.15, -0.1) is 0 Å². The Balaban J connectivity index is 1.52. The second-order valence-electron chi connectivity index (χ2n) is 6.66. The van der Waals surface area contributed by atoms with E-state index in [4.69, 9.17) is 4.74 Å². The number of carbonyl (C=O) groups excluding carboxylic acids is 2. The fourth-order valence-electron chi connectivity index (χ4n) is 3.20. The third kappa shape index (κ3) is 3.87. The van der Waals surface area contributed by atoms with Crippen LogP contribution in [0.2, 0.25) is 0 Å². The highest BCUT2D eigenvalue weighted by molar-refractivity contribution is 5.96. The van der Waals surface area contributed by atoms with Gasteiger partial charge in [0.05, 0.1) is 12.1 Å². The summed E-state index contributed by atoms with van der Waals surface area (Å²) in [4.78, 5) is 26.0. The van der Waals surface area contributed by atoms with Crippen molar-refractivity contribution in [2.75, 3.05) is 24.6 Å². The van der Waals surface area contributed by atoms with E-state index in [-0.39, 0.29) is 24.1 Å². The second kappa shape index (κ2) is 7.21. The molecule has 2 saturated heterocycles. The van der Waals surface area contributed by atoms with Gasteiger partial charge in [-0.2, -0.15) is 0 Å². The molecule has 0 spiro atoms. The zero-order valence-electron chi connectivity index (χ0n) is 14.3. The lowest BCUT2D eigenvalue weighted by molar-refractivity contribution is -0.117. The number of carbonyl (C=O) groups is 2. The Morgan fingerprint density at radius 2 is 2.17 bits per heavy atom. The third-order valence-corrected chi connectivity index (χ3v) is 4.78. The molecule has 0 aromatic heterocycles. The first kappa shape index (κ1) is 16.8. The molecular weight excluding hydrogens is 306 g/mol. The normalized spacial score (nSPS) is 23.6. The van der Waals surface area contributed by atoms with Crippen molar-refractivity contribution >= 4 is 17.6 Å². The molecule has 0 radical (unpaired) electrons. The first-order chi connectivity index (χ1) is 11.5. The first-order valence-corrected chi connectivity index (χ1v) is 8.56. The number of ether oxygens (including phenoxy) is 1. The van der Waals surface area contributed by atoms with E-state index >= 15 is 0 Å². The molecule has 0 unspecified atom stereocenters. The van der Waals surface area contributed by atoms with Crippen LogP contribution in [0.5, 0.6) is 0 Å². The third-order valence-electron chi connectivity index (χ3n) is 4.78.